The van der Waals surface area contributed by atoms with Gasteiger partial charge >= 0.3 is 0 Å². The Labute approximate surface area is 227 Å². The van der Waals surface area contributed by atoms with E-state index in [1.54, 1.807) is 0 Å². The third-order valence-corrected chi connectivity index (χ3v) is 8.72. The lowest BCUT2D eigenvalue weighted by atomic mass is 9.91. The molecule has 0 fully saturated rings. The largest absolute Gasteiger partial charge is 0.256 e. The summed E-state index contributed by atoms with van der Waals surface area (Å²) in [6.45, 7) is 4.53. The zero-order chi connectivity index (χ0) is 25.6. The summed E-state index contributed by atoms with van der Waals surface area (Å²) in [5.41, 5.74) is 7.32. The number of rotatable bonds is 4. The molecule has 2 heteroatoms. The highest BCUT2D eigenvalue weighted by atomic mass is 32.1. The standard InChI is InChI=1S/C36H27NS/c1-23(2)28-14-9-15-29-30(28)16-17-32-31(29)18-19-37-35(32)26-20-27-22-34(25-12-7-4-8-13-25)38-36(27)33(21-26)24-10-5-3-6-11-24/h3-23H,1-2H3. The molecule has 38 heavy (non-hydrogen) atoms. The van der Waals surface area contributed by atoms with Crippen LogP contribution in [0.25, 0.3) is 64.5 Å². The minimum Gasteiger partial charge on any atom is -0.256 e. The zero-order valence-electron chi connectivity index (χ0n) is 21.5. The molecule has 0 radical (unpaired) electrons. The summed E-state index contributed by atoms with van der Waals surface area (Å²) in [5.74, 6) is 0.477. The average Bonchev–Trinajstić information content (AvgIpc) is 3.41. The van der Waals surface area contributed by atoms with E-state index in [1.807, 2.05) is 17.5 Å². The van der Waals surface area contributed by atoms with E-state index in [-0.39, 0.29) is 0 Å². The quantitative estimate of drug-likeness (QED) is 0.217. The normalized spacial score (nSPS) is 11.7. The third kappa shape index (κ3) is 3.81. The smallest absolute Gasteiger partial charge is 0.0780 e. The zero-order valence-corrected chi connectivity index (χ0v) is 22.3. The Balaban J connectivity index is 1.50. The Morgan fingerprint density at radius 3 is 2.05 bits per heavy atom. The first-order valence-corrected chi connectivity index (χ1v) is 14.0. The summed E-state index contributed by atoms with van der Waals surface area (Å²) in [5, 5.41) is 6.33. The SMILES string of the molecule is CC(C)c1cccc2c1ccc1c(-c3cc(-c4ccccc4)c4sc(-c5ccccc5)cc4c3)nccc12. The molecule has 0 N–H and O–H groups in total. The molecular weight excluding hydrogens is 478 g/mol. The number of hydrogen-bond donors (Lipinski definition) is 0. The average molecular weight is 506 g/mol. The molecule has 0 aliphatic rings. The van der Waals surface area contributed by atoms with Gasteiger partial charge in [-0.15, -0.1) is 11.3 Å². The summed E-state index contributed by atoms with van der Waals surface area (Å²) >= 11 is 1.87. The Kier molecular flexibility index (Phi) is 5.56. The van der Waals surface area contributed by atoms with Crippen molar-refractivity contribution in [3.05, 3.63) is 127 Å². The highest BCUT2D eigenvalue weighted by molar-refractivity contribution is 7.22. The number of nitrogens with zero attached hydrogens (tertiary/aromatic N) is 1. The molecule has 2 heterocycles. The Hall–Kier alpha value is -4.27. The van der Waals surface area contributed by atoms with Crippen molar-refractivity contribution in [3.8, 4) is 32.8 Å². The second-order valence-corrected chi connectivity index (χ2v) is 11.3. The van der Waals surface area contributed by atoms with Gasteiger partial charge < -0.3 is 0 Å². The lowest BCUT2D eigenvalue weighted by Crippen LogP contribution is -1.92. The molecule has 0 amide bonds. The molecule has 0 saturated heterocycles. The lowest BCUT2D eigenvalue weighted by molar-refractivity contribution is 0.876. The highest BCUT2D eigenvalue weighted by Crippen LogP contribution is 2.43. The molecule has 0 unspecified atom stereocenters. The van der Waals surface area contributed by atoms with Crippen molar-refractivity contribution in [3.63, 3.8) is 0 Å². The van der Waals surface area contributed by atoms with Gasteiger partial charge in [0.1, 0.15) is 0 Å². The predicted octanol–water partition coefficient (Wildman–Crippen LogP) is 10.7. The second kappa shape index (κ2) is 9.24. The fourth-order valence-electron chi connectivity index (χ4n) is 5.65. The lowest BCUT2D eigenvalue weighted by Gasteiger charge is -2.14. The first kappa shape index (κ1) is 22.9. The third-order valence-electron chi connectivity index (χ3n) is 7.49. The van der Waals surface area contributed by atoms with Crippen LogP contribution in [-0.2, 0) is 0 Å². The molecule has 7 rings (SSSR count). The first-order chi connectivity index (χ1) is 18.7. The summed E-state index contributed by atoms with van der Waals surface area (Å²) in [7, 11) is 0. The predicted molar refractivity (Wildman–Crippen MR) is 165 cm³/mol. The fraction of sp³-hybridized carbons (Fsp3) is 0.0833. The van der Waals surface area contributed by atoms with Crippen molar-refractivity contribution in [1.82, 2.24) is 4.98 Å². The van der Waals surface area contributed by atoms with Gasteiger partial charge in [0, 0.05) is 32.3 Å². The summed E-state index contributed by atoms with van der Waals surface area (Å²) in [6, 6.07) is 41.8. The van der Waals surface area contributed by atoms with Crippen molar-refractivity contribution in [1.29, 1.82) is 0 Å². The first-order valence-electron chi connectivity index (χ1n) is 13.2. The van der Waals surface area contributed by atoms with Crippen LogP contribution in [0.15, 0.2) is 121 Å². The topological polar surface area (TPSA) is 12.9 Å². The molecular formula is C36H27NS. The molecule has 0 aliphatic carbocycles. The van der Waals surface area contributed by atoms with Crippen LogP contribution in [0.5, 0.6) is 0 Å². The number of hydrogen-bond acceptors (Lipinski definition) is 2. The van der Waals surface area contributed by atoms with E-state index in [0.717, 1.165) is 11.3 Å². The van der Waals surface area contributed by atoms with Gasteiger partial charge in [-0.1, -0.05) is 105 Å². The molecule has 0 saturated carbocycles. The molecule has 2 aromatic heterocycles. The van der Waals surface area contributed by atoms with Gasteiger partial charge in [-0.2, -0.15) is 0 Å². The summed E-state index contributed by atoms with van der Waals surface area (Å²) < 4.78 is 1.31. The molecule has 0 bridgehead atoms. The van der Waals surface area contributed by atoms with Gasteiger partial charge in [-0.25, -0.2) is 0 Å². The fourth-order valence-corrected chi connectivity index (χ4v) is 6.83. The molecule has 182 valence electrons. The number of thiophene rings is 1. The summed E-state index contributed by atoms with van der Waals surface area (Å²) in [4.78, 5) is 6.24. The van der Waals surface area contributed by atoms with Gasteiger partial charge in [0.15, 0.2) is 0 Å². The van der Waals surface area contributed by atoms with Crippen LogP contribution in [0.2, 0.25) is 0 Å². The molecule has 1 nitrogen and oxygen atoms in total. The van der Waals surface area contributed by atoms with Crippen molar-refractivity contribution in [2.45, 2.75) is 19.8 Å². The van der Waals surface area contributed by atoms with Gasteiger partial charge in [-0.3, -0.25) is 4.98 Å². The van der Waals surface area contributed by atoms with Gasteiger partial charge in [0.25, 0.3) is 0 Å². The maximum Gasteiger partial charge on any atom is 0.0780 e. The minimum atomic E-state index is 0.477. The van der Waals surface area contributed by atoms with Gasteiger partial charge in [0.2, 0.25) is 0 Å². The van der Waals surface area contributed by atoms with Crippen LogP contribution in [0.3, 0.4) is 0 Å². The van der Waals surface area contributed by atoms with E-state index in [2.05, 4.69) is 129 Å². The van der Waals surface area contributed by atoms with Crippen molar-refractivity contribution in [2.75, 3.05) is 0 Å². The monoisotopic (exact) mass is 505 g/mol. The molecule has 0 aliphatic heterocycles. The number of benzene rings is 5. The maximum atomic E-state index is 4.95. The van der Waals surface area contributed by atoms with Crippen LogP contribution in [-0.4, -0.2) is 4.98 Å². The number of pyridine rings is 1. The van der Waals surface area contributed by atoms with Crippen molar-refractivity contribution < 1.29 is 0 Å². The van der Waals surface area contributed by atoms with Crippen LogP contribution in [0.4, 0.5) is 0 Å². The number of aromatic nitrogens is 1. The van der Waals surface area contributed by atoms with E-state index in [4.69, 9.17) is 4.98 Å². The van der Waals surface area contributed by atoms with Crippen LogP contribution in [0.1, 0.15) is 25.3 Å². The molecule has 7 aromatic rings. The van der Waals surface area contributed by atoms with E-state index in [0.29, 0.717) is 5.92 Å². The Bertz CT molecular complexity index is 1930. The molecule has 0 spiro atoms. The highest BCUT2D eigenvalue weighted by Gasteiger charge is 2.16. The Morgan fingerprint density at radius 1 is 0.579 bits per heavy atom. The van der Waals surface area contributed by atoms with E-state index in [9.17, 15) is 0 Å². The maximum absolute atomic E-state index is 4.95. The van der Waals surface area contributed by atoms with Crippen molar-refractivity contribution in [2.24, 2.45) is 0 Å². The van der Waals surface area contributed by atoms with Crippen LogP contribution in [0, 0.1) is 0 Å². The van der Waals surface area contributed by atoms with Gasteiger partial charge in [0.05, 0.1) is 5.69 Å². The van der Waals surface area contributed by atoms with Gasteiger partial charge in [-0.05, 0) is 68.4 Å². The van der Waals surface area contributed by atoms with Crippen molar-refractivity contribution >= 4 is 43.0 Å². The van der Waals surface area contributed by atoms with Crippen LogP contribution >= 0.6 is 11.3 Å². The molecule has 0 atom stereocenters. The minimum absolute atomic E-state index is 0.477. The van der Waals surface area contributed by atoms with E-state index in [1.165, 1.54) is 58.8 Å². The van der Waals surface area contributed by atoms with E-state index < -0.39 is 0 Å². The summed E-state index contributed by atoms with van der Waals surface area (Å²) in [6.07, 6.45) is 1.97. The van der Waals surface area contributed by atoms with Crippen LogP contribution < -0.4 is 0 Å². The molecule has 5 aromatic carbocycles. The second-order valence-electron chi connectivity index (χ2n) is 10.2. The Morgan fingerprint density at radius 2 is 1.29 bits per heavy atom. The number of fused-ring (bicyclic) bond motifs is 4. The van der Waals surface area contributed by atoms with E-state index >= 15 is 0 Å².